The van der Waals surface area contributed by atoms with Crippen molar-refractivity contribution < 1.29 is 9.53 Å². The van der Waals surface area contributed by atoms with Crippen LogP contribution in [0, 0.1) is 13.8 Å². The van der Waals surface area contributed by atoms with Crippen LogP contribution in [0.2, 0.25) is 5.02 Å². The third kappa shape index (κ3) is 3.57. The summed E-state index contributed by atoms with van der Waals surface area (Å²) < 4.78 is 6.87. The highest BCUT2D eigenvalue weighted by atomic mass is 35.5. The third-order valence-electron chi connectivity index (χ3n) is 3.34. The molecule has 0 saturated heterocycles. The maximum atomic E-state index is 12.3. The third-order valence-corrected chi connectivity index (χ3v) is 3.66. The average Bonchev–Trinajstić information content (AvgIpc) is 2.74. The van der Waals surface area contributed by atoms with E-state index >= 15 is 0 Å². The molecule has 2 rings (SSSR count). The predicted molar refractivity (Wildman–Crippen MR) is 87.8 cm³/mol. The van der Waals surface area contributed by atoms with E-state index in [1.807, 2.05) is 26.8 Å². The number of carbonyl (C=O) groups excluding carboxylic acids is 1. The molecule has 0 fully saturated rings. The van der Waals surface area contributed by atoms with Crippen molar-refractivity contribution in [1.82, 2.24) is 9.78 Å². The lowest BCUT2D eigenvalue weighted by Gasteiger charge is -2.08. The number of ether oxygens (including phenoxy) is 1. The Kier molecular flexibility index (Phi) is 5.03. The zero-order chi connectivity index (χ0) is 16.3. The van der Waals surface area contributed by atoms with Crippen LogP contribution in [-0.4, -0.2) is 22.3 Å². The Hall–Kier alpha value is -2.07. The fourth-order valence-corrected chi connectivity index (χ4v) is 2.43. The van der Waals surface area contributed by atoms with Gasteiger partial charge in [-0.15, -0.1) is 0 Å². The maximum Gasteiger partial charge on any atom is 0.284 e. The van der Waals surface area contributed by atoms with E-state index in [0.29, 0.717) is 10.8 Å². The summed E-state index contributed by atoms with van der Waals surface area (Å²) in [5.41, 5.74) is 3.74. The summed E-state index contributed by atoms with van der Waals surface area (Å²) in [6.07, 6.45) is 0.719. The van der Waals surface area contributed by atoms with Crippen LogP contribution in [0.1, 0.15) is 28.7 Å². The number of hydrogen-bond acceptors (Lipinski definition) is 3. The van der Waals surface area contributed by atoms with Crippen LogP contribution >= 0.6 is 11.6 Å². The van der Waals surface area contributed by atoms with Crippen molar-refractivity contribution in [2.75, 3.05) is 6.61 Å². The smallest absolute Gasteiger partial charge is 0.284 e. The molecule has 0 spiro atoms. The topological polar surface area (TPSA) is 44.1 Å². The first-order valence-electron chi connectivity index (χ1n) is 7.00. The summed E-state index contributed by atoms with van der Waals surface area (Å²) in [7, 11) is 0. The van der Waals surface area contributed by atoms with Gasteiger partial charge in [0.25, 0.3) is 5.91 Å². The van der Waals surface area contributed by atoms with E-state index in [2.05, 4.69) is 11.7 Å². The molecular formula is C17H19ClN2O2. The first-order chi connectivity index (χ1) is 10.4. The number of aryl methyl sites for hydroxylation is 1. The van der Waals surface area contributed by atoms with E-state index in [4.69, 9.17) is 16.3 Å². The van der Waals surface area contributed by atoms with Crippen LogP contribution in [0.5, 0.6) is 5.75 Å². The highest BCUT2D eigenvalue weighted by Crippen LogP contribution is 2.23. The Bertz CT molecular complexity index is 719. The maximum absolute atomic E-state index is 12.3. The van der Waals surface area contributed by atoms with Gasteiger partial charge in [0.05, 0.1) is 10.7 Å². The lowest BCUT2D eigenvalue weighted by Crippen LogP contribution is -2.21. The van der Waals surface area contributed by atoms with Gasteiger partial charge in [0.15, 0.2) is 6.61 Å². The van der Waals surface area contributed by atoms with Crippen molar-refractivity contribution in [2.45, 2.75) is 27.2 Å². The SMILES string of the molecule is C=C(C)Cc1c(C)nn(C(=O)COc2ccccc2Cl)c1C. The number of nitrogens with zero attached hydrogens (tertiary/aromatic N) is 2. The number of halogens is 1. The minimum absolute atomic E-state index is 0.113. The summed E-state index contributed by atoms with van der Waals surface area (Å²) in [6, 6.07) is 7.06. The molecule has 4 nitrogen and oxygen atoms in total. The molecule has 0 radical (unpaired) electrons. The molecule has 0 aliphatic rings. The largest absolute Gasteiger partial charge is 0.482 e. The minimum atomic E-state index is -0.228. The van der Waals surface area contributed by atoms with Crippen LogP contribution in [0.3, 0.4) is 0 Å². The van der Waals surface area contributed by atoms with Crippen molar-refractivity contribution in [3.05, 3.63) is 58.4 Å². The summed E-state index contributed by atoms with van der Waals surface area (Å²) in [6.45, 7) is 9.53. The zero-order valence-corrected chi connectivity index (χ0v) is 13.8. The van der Waals surface area contributed by atoms with E-state index < -0.39 is 0 Å². The van der Waals surface area contributed by atoms with Crippen molar-refractivity contribution in [2.24, 2.45) is 0 Å². The zero-order valence-electron chi connectivity index (χ0n) is 13.0. The molecule has 0 aliphatic carbocycles. The Balaban J connectivity index is 2.13. The first-order valence-corrected chi connectivity index (χ1v) is 7.38. The summed E-state index contributed by atoms with van der Waals surface area (Å²) >= 11 is 6.00. The second kappa shape index (κ2) is 6.79. The van der Waals surface area contributed by atoms with Crippen LogP contribution in [0.15, 0.2) is 36.4 Å². The summed E-state index contributed by atoms with van der Waals surface area (Å²) in [5, 5.41) is 4.79. The number of carbonyl (C=O) groups is 1. The van der Waals surface area contributed by atoms with Gasteiger partial charge in [0.2, 0.25) is 0 Å². The van der Waals surface area contributed by atoms with Crippen LogP contribution in [0.25, 0.3) is 0 Å². The molecule has 1 heterocycles. The molecule has 2 aromatic rings. The number of aromatic nitrogens is 2. The number of benzene rings is 1. The monoisotopic (exact) mass is 318 g/mol. The van der Waals surface area contributed by atoms with Gasteiger partial charge in [-0.25, -0.2) is 4.68 Å². The van der Waals surface area contributed by atoms with Crippen molar-refractivity contribution in [3.63, 3.8) is 0 Å². The number of allylic oxidation sites excluding steroid dienone is 1. The molecule has 1 aromatic heterocycles. The average molecular weight is 319 g/mol. The molecule has 0 N–H and O–H groups in total. The Morgan fingerprint density at radius 2 is 2.05 bits per heavy atom. The van der Waals surface area contributed by atoms with Gasteiger partial charge in [0, 0.05) is 11.3 Å². The van der Waals surface area contributed by atoms with Gasteiger partial charge in [-0.1, -0.05) is 35.9 Å². The Morgan fingerprint density at radius 1 is 1.36 bits per heavy atom. The Morgan fingerprint density at radius 3 is 2.68 bits per heavy atom. The number of para-hydroxylation sites is 1. The summed E-state index contributed by atoms with van der Waals surface area (Å²) in [4.78, 5) is 12.3. The molecule has 22 heavy (non-hydrogen) atoms. The predicted octanol–water partition coefficient (Wildman–Crippen LogP) is 3.99. The quantitative estimate of drug-likeness (QED) is 0.783. The van der Waals surface area contributed by atoms with Gasteiger partial charge < -0.3 is 4.74 Å². The number of rotatable bonds is 5. The minimum Gasteiger partial charge on any atom is -0.482 e. The summed E-state index contributed by atoms with van der Waals surface area (Å²) in [5.74, 6) is 0.259. The lowest BCUT2D eigenvalue weighted by atomic mass is 10.1. The van der Waals surface area contributed by atoms with Gasteiger partial charge in [0.1, 0.15) is 5.75 Å². The van der Waals surface area contributed by atoms with Gasteiger partial charge in [-0.2, -0.15) is 5.10 Å². The highest BCUT2D eigenvalue weighted by molar-refractivity contribution is 6.32. The van der Waals surface area contributed by atoms with E-state index in [9.17, 15) is 4.79 Å². The van der Waals surface area contributed by atoms with E-state index in [1.165, 1.54) is 4.68 Å². The fraction of sp³-hybridized carbons (Fsp3) is 0.294. The first kappa shape index (κ1) is 16.3. The molecule has 0 bridgehead atoms. The normalized spacial score (nSPS) is 10.5. The van der Waals surface area contributed by atoms with Crippen LogP contribution in [0.4, 0.5) is 0 Å². The molecule has 1 aromatic carbocycles. The van der Waals surface area contributed by atoms with E-state index in [-0.39, 0.29) is 12.5 Å². The van der Waals surface area contributed by atoms with E-state index in [0.717, 1.165) is 28.9 Å². The molecule has 5 heteroatoms. The lowest BCUT2D eigenvalue weighted by molar-refractivity contribution is 0.0818. The molecule has 0 atom stereocenters. The van der Waals surface area contributed by atoms with Crippen LogP contribution in [-0.2, 0) is 6.42 Å². The highest BCUT2D eigenvalue weighted by Gasteiger charge is 2.17. The number of hydrogen-bond donors (Lipinski definition) is 0. The molecule has 0 saturated carbocycles. The second-order valence-electron chi connectivity index (χ2n) is 5.31. The van der Waals surface area contributed by atoms with Crippen molar-refractivity contribution in [3.8, 4) is 5.75 Å². The molecular weight excluding hydrogens is 300 g/mol. The van der Waals surface area contributed by atoms with Gasteiger partial charge in [-0.3, -0.25) is 4.79 Å². The van der Waals surface area contributed by atoms with Gasteiger partial charge in [-0.05, 0) is 39.3 Å². The van der Waals surface area contributed by atoms with Gasteiger partial charge >= 0.3 is 0 Å². The molecule has 116 valence electrons. The second-order valence-corrected chi connectivity index (χ2v) is 5.72. The van der Waals surface area contributed by atoms with E-state index in [1.54, 1.807) is 18.2 Å². The molecule has 0 aliphatic heterocycles. The standard InChI is InChI=1S/C17H19ClN2O2/c1-11(2)9-14-12(3)19-20(13(14)4)17(21)10-22-16-8-6-5-7-15(16)18/h5-8H,1,9-10H2,2-4H3. The van der Waals surface area contributed by atoms with Crippen LogP contribution < -0.4 is 4.74 Å². The molecule has 0 amide bonds. The van der Waals surface area contributed by atoms with Crippen molar-refractivity contribution in [1.29, 1.82) is 0 Å². The van der Waals surface area contributed by atoms with Crippen molar-refractivity contribution >= 4 is 17.5 Å². The fourth-order valence-electron chi connectivity index (χ4n) is 2.24. The molecule has 0 unspecified atom stereocenters. The Labute approximate surface area is 135 Å².